The Hall–Kier alpha value is -0.253. The van der Waals surface area contributed by atoms with Gasteiger partial charge in [0.2, 0.25) is 8.32 Å². The van der Waals surface area contributed by atoms with E-state index in [9.17, 15) is 0 Å². The predicted octanol–water partition coefficient (Wildman–Crippen LogP) is 2.72. The van der Waals surface area contributed by atoms with Crippen LogP contribution in [0.15, 0.2) is 38.0 Å². The second-order valence-corrected chi connectivity index (χ2v) is 7.83. The van der Waals surface area contributed by atoms with Gasteiger partial charge in [0.1, 0.15) is 0 Å². The summed E-state index contributed by atoms with van der Waals surface area (Å²) in [4.78, 5) is 17.8. The van der Waals surface area contributed by atoms with E-state index in [-0.39, 0.29) is 0 Å². The van der Waals surface area contributed by atoms with Gasteiger partial charge in [-0.3, -0.25) is 0 Å². The van der Waals surface area contributed by atoms with Crippen molar-refractivity contribution in [3.63, 3.8) is 0 Å². The van der Waals surface area contributed by atoms with Crippen LogP contribution in [0.25, 0.3) is 0 Å². The first-order valence-corrected chi connectivity index (χ1v) is 7.99. The van der Waals surface area contributed by atoms with Gasteiger partial charge >= 0.3 is 8.60 Å². The van der Waals surface area contributed by atoms with Crippen molar-refractivity contribution in [2.45, 2.75) is 18.1 Å². The average Bonchev–Trinajstić information content (AvgIpc) is 2.03. The van der Waals surface area contributed by atoms with Gasteiger partial charge in [0.25, 0.3) is 0 Å². The Morgan fingerprint density at radius 2 is 1.36 bits per heavy atom. The molecule has 0 aliphatic heterocycles. The van der Waals surface area contributed by atoms with E-state index in [4.69, 9.17) is 14.0 Å². The molecule has 0 aromatic rings. The standard InChI is InChI=1S/C9H17O3PSi/c1-4-7-14(8-5-2,9-6-3)12-13(10)11/h4-6,10-11H,1-3,7-9H2. The van der Waals surface area contributed by atoms with Crippen LogP contribution in [0.4, 0.5) is 0 Å². The Balaban J connectivity index is 4.60. The van der Waals surface area contributed by atoms with Crippen molar-refractivity contribution < 1.29 is 14.0 Å². The Morgan fingerprint density at radius 1 is 1.00 bits per heavy atom. The molecule has 3 nitrogen and oxygen atoms in total. The van der Waals surface area contributed by atoms with Gasteiger partial charge in [-0.05, 0) is 18.1 Å². The molecule has 0 spiro atoms. The molecule has 0 aromatic carbocycles. The van der Waals surface area contributed by atoms with Crippen LogP contribution in [0.3, 0.4) is 0 Å². The van der Waals surface area contributed by atoms with Crippen molar-refractivity contribution >= 4 is 16.9 Å². The van der Waals surface area contributed by atoms with Gasteiger partial charge in [0.05, 0.1) is 0 Å². The van der Waals surface area contributed by atoms with Gasteiger partial charge in [0.15, 0.2) is 0 Å². The minimum absolute atomic E-state index is 0.672. The molecule has 0 amide bonds. The SMILES string of the molecule is C=CC[Si](CC=C)(CC=C)OP(O)O. The largest absolute Gasteiger partial charge is 0.353 e. The van der Waals surface area contributed by atoms with Crippen LogP contribution in [0.2, 0.25) is 18.1 Å². The van der Waals surface area contributed by atoms with E-state index in [1.54, 1.807) is 18.2 Å². The van der Waals surface area contributed by atoms with E-state index in [2.05, 4.69) is 19.7 Å². The van der Waals surface area contributed by atoms with Gasteiger partial charge in [-0.1, -0.05) is 18.2 Å². The molecule has 0 aromatic heterocycles. The first-order chi connectivity index (χ1) is 6.60. The molecule has 0 aliphatic carbocycles. The van der Waals surface area contributed by atoms with Gasteiger partial charge in [0, 0.05) is 0 Å². The zero-order chi connectivity index (χ0) is 11.0. The highest BCUT2D eigenvalue weighted by Gasteiger charge is 2.33. The highest BCUT2D eigenvalue weighted by molar-refractivity contribution is 7.41. The summed E-state index contributed by atoms with van der Waals surface area (Å²) in [6, 6.07) is 2.01. The van der Waals surface area contributed by atoms with E-state index >= 15 is 0 Å². The fourth-order valence-electron chi connectivity index (χ4n) is 1.32. The summed E-state index contributed by atoms with van der Waals surface area (Å²) in [5.41, 5.74) is 0. The monoisotopic (exact) mass is 232 g/mol. The molecular weight excluding hydrogens is 215 g/mol. The number of hydrogen-bond donors (Lipinski definition) is 2. The van der Waals surface area contributed by atoms with Gasteiger partial charge in [-0.15, -0.1) is 19.7 Å². The molecule has 0 unspecified atom stereocenters. The Morgan fingerprint density at radius 3 is 1.57 bits per heavy atom. The van der Waals surface area contributed by atoms with Gasteiger partial charge in [-0.25, -0.2) is 0 Å². The maximum Gasteiger partial charge on any atom is 0.316 e. The van der Waals surface area contributed by atoms with Crippen molar-refractivity contribution in [3.8, 4) is 0 Å². The molecular formula is C9H17O3PSi. The fraction of sp³-hybridized carbons (Fsp3) is 0.333. The molecule has 80 valence electrons. The van der Waals surface area contributed by atoms with Gasteiger partial charge < -0.3 is 14.0 Å². The molecule has 0 saturated carbocycles. The molecule has 14 heavy (non-hydrogen) atoms. The lowest BCUT2D eigenvalue weighted by atomic mass is 10.7. The van der Waals surface area contributed by atoms with Crippen molar-refractivity contribution in [3.05, 3.63) is 38.0 Å². The highest BCUT2D eigenvalue weighted by Crippen LogP contribution is 2.37. The first kappa shape index (κ1) is 13.7. The van der Waals surface area contributed by atoms with Crippen molar-refractivity contribution in [2.75, 3.05) is 0 Å². The molecule has 5 heteroatoms. The van der Waals surface area contributed by atoms with Crippen LogP contribution >= 0.6 is 8.60 Å². The minimum atomic E-state index is -2.30. The normalized spacial score (nSPS) is 11.4. The van der Waals surface area contributed by atoms with Crippen LogP contribution in [0.1, 0.15) is 0 Å². The summed E-state index contributed by atoms with van der Waals surface area (Å²) < 4.78 is 5.26. The zero-order valence-corrected chi connectivity index (χ0v) is 10.1. The van der Waals surface area contributed by atoms with Crippen molar-refractivity contribution in [2.24, 2.45) is 0 Å². The summed E-state index contributed by atoms with van der Waals surface area (Å²) in [7, 11) is -4.49. The highest BCUT2D eigenvalue weighted by atomic mass is 31.2. The number of rotatable bonds is 8. The molecule has 0 heterocycles. The van der Waals surface area contributed by atoms with Crippen LogP contribution in [-0.2, 0) is 4.21 Å². The molecule has 0 bridgehead atoms. The van der Waals surface area contributed by atoms with E-state index in [1.807, 2.05) is 0 Å². The summed E-state index contributed by atoms with van der Waals surface area (Å²) in [5.74, 6) is 0. The second-order valence-electron chi connectivity index (χ2n) is 3.01. The zero-order valence-electron chi connectivity index (χ0n) is 8.22. The lowest BCUT2D eigenvalue weighted by molar-refractivity contribution is 0.369. The van der Waals surface area contributed by atoms with E-state index < -0.39 is 16.9 Å². The van der Waals surface area contributed by atoms with E-state index in [0.29, 0.717) is 18.1 Å². The van der Waals surface area contributed by atoms with Crippen LogP contribution in [-0.4, -0.2) is 18.1 Å². The summed E-state index contributed by atoms with van der Waals surface area (Å²) in [6.45, 7) is 10.9. The lowest BCUT2D eigenvalue weighted by Crippen LogP contribution is -2.34. The molecule has 0 rings (SSSR count). The number of hydrogen-bond acceptors (Lipinski definition) is 3. The molecule has 0 saturated heterocycles. The third-order valence-electron chi connectivity index (χ3n) is 1.82. The topological polar surface area (TPSA) is 49.7 Å². The van der Waals surface area contributed by atoms with Crippen LogP contribution in [0, 0.1) is 0 Å². The summed E-state index contributed by atoms with van der Waals surface area (Å²) in [5, 5.41) is 0. The number of allylic oxidation sites excluding steroid dienone is 3. The minimum Gasteiger partial charge on any atom is -0.353 e. The average molecular weight is 232 g/mol. The molecule has 0 aliphatic rings. The summed E-state index contributed by atoms with van der Waals surface area (Å²) >= 11 is 0. The first-order valence-electron chi connectivity index (χ1n) is 4.30. The smallest absolute Gasteiger partial charge is 0.316 e. The predicted molar refractivity (Wildman–Crippen MR) is 63.2 cm³/mol. The van der Waals surface area contributed by atoms with E-state index in [0.717, 1.165) is 0 Å². The molecule has 0 fully saturated rings. The molecule has 2 N–H and O–H groups in total. The van der Waals surface area contributed by atoms with Gasteiger partial charge in [-0.2, -0.15) is 0 Å². The Bertz CT molecular complexity index is 180. The molecule has 0 radical (unpaired) electrons. The fourth-order valence-corrected chi connectivity index (χ4v) is 5.68. The third kappa shape index (κ3) is 4.84. The Labute approximate surface area is 87.6 Å². The Kier molecular flexibility index (Phi) is 6.97. The lowest BCUT2D eigenvalue weighted by Gasteiger charge is -2.28. The van der Waals surface area contributed by atoms with Crippen molar-refractivity contribution in [1.29, 1.82) is 0 Å². The third-order valence-corrected chi connectivity index (χ3v) is 7.12. The second kappa shape index (κ2) is 7.09. The quantitative estimate of drug-likeness (QED) is 0.384. The maximum absolute atomic E-state index is 8.90. The van der Waals surface area contributed by atoms with Crippen LogP contribution in [0.5, 0.6) is 0 Å². The van der Waals surface area contributed by atoms with Crippen molar-refractivity contribution in [1.82, 2.24) is 0 Å². The maximum atomic E-state index is 8.90. The van der Waals surface area contributed by atoms with E-state index in [1.165, 1.54) is 0 Å². The summed E-state index contributed by atoms with van der Waals surface area (Å²) in [6.07, 6.45) is 5.24. The molecule has 0 atom stereocenters. The van der Waals surface area contributed by atoms with Crippen LogP contribution < -0.4 is 0 Å².